The van der Waals surface area contributed by atoms with E-state index in [-0.39, 0.29) is 5.41 Å². The molecule has 2 fully saturated rings. The number of nitrogens with zero attached hydrogens (tertiary/aromatic N) is 4. The minimum absolute atomic E-state index is 0.200. The lowest BCUT2D eigenvalue weighted by molar-refractivity contribution is 0.0694. The lowest BCUT2D eigenvalue weighted by Gasteiger charge is -2.45. The number of fused-ring (bicyclic) bond motifs is 1. The van der Waals surface area contributed by atoms with Crippen LogP contribution in [0.25, 0.3) is 4.83 Å². The zero-order valence-electron chi connectivity index (χ0n) is 14.6. The molecule has 4 nitrogen and oxygen atoms in total. The summed E-state index contributed by atoms with van der Waals surface area (Å²) in [5, 5.41) is 2.19. The Morgan fingerprint density at radius 3 is 2.83 bits per heavy atom. The molecule has 0 spiro atoms. The molecule has 0 aliphatic carbocycles. The van der Waals surface area contributed by atoms with Crippen molar-refractivity contribution in [3.63, 3.8) is 0 Å². The molecule has 0 N–H and O–H groups in total. The summed E-state index contributed by atoms with van der Waals surface area (Å²) in [4.78, 5) is 11.6. The van der Waals surface area contributed by atoms with E-state index in [1.165, 1.54) is 62.4 Å². The van der Waals surface area contributed by atoms with Gasteiger partial charge in [-0.1, -0.05) is 6.92 Å². The molecule has 4 heterocycles. The first kappa shape index (κ1) is 15.6. The van der Waals surface area contributed by atoms with Gasteiger partial charge in [0.05, 0.1) is 5.69 Å². The maximum atomic E-state index is 4.98. The first-order chi connectivity index (χ1) is 11.1. The predicted octanol–water partition coefficient (Wildman–Crippen LogP) is 3.15. The van der Waals surface area contributed by atoms with Crippen LogP contribution in [0.15, 0.2) is 11.6 Å². The van der Waals surface area contributed by atoms with Crippen molar-refractivity contribution in [1.29, 1.82) is 0 Å². The lowest BCUT2D eigenvalue weighted by atomic mass is 9.78. The molecule has 0 saturated carbocycles. The fraction of sp³-hybridized carbons (Fsp3) is 0.722. The van der Waals surface area contributed by atoms with Crippen LogP contribution in [0, 0.1) is 6.92 Å². The fourth-order valence-electron chi connectivity index (χ4n) is 4.51. The van der Waals surface area contributed by atoms with E-state index in [0.29, 0.717) is 0 Å². The monoisotopic (exact) mass is 332 g/mol. The van der Waals surface area contributed by atoms with Gasteiger partial charge in [-0.05, 0) is 59.3 Å². The van der Waals surface area contributed by atoms with E-state index in [2.05, 4.69) is 46.7 Å². The number of imidazole rings is 1. The number of hydrogen-bond acceptors (Lipinski definition) is 4. The maximum Gasteiger partial charge on any atom is 0.123 e. The highest BCUT2D eigenvalue weighted by Crippen LogP contribution is 2.38. The normalized spacial score (nSPS) is 28.7. The number of likely N-dealkylation sites (tertiary alicyclic amines) is 2. The Labute approximate surface area is 143 Å². The van der Waals surface area contributed by atoms with Crippen LogP contribution in [-0.2, 0) is 5.41 Å². The zero-order chi connectivity index (χ0) is 16.0. The molecule has 2 aromatic rings. The van der Waals surface area contributed by atoms with E-state index in [1.807, 2.05) is 11.3 Å². The van der Waals surface area contributed by atoms with Gasteiger partial charge in [0.15, 0.2) is 0 Å². The second-order valence-electron chi connectivity index (χ2n) is 7.75. The zero-order valence-corrected chi connectivity index (χ0v) is 15.4. The average Bonchev–Trinajstić information content (AvgIpc) is 3.12. The molecule has 0 amide bonds. The molecular formula is C18H28N4S. The summed E-state index contributed by atoms with van der Waals surface area (Å²) in [6, 6.07) is 0.772. The van der Waals surface area contributed by atoms with Crippen molar-refractivity contribution < 1.29 is 0 Å². The van der Waals surface area contributed by atoms with E-state index in [0.717, 1.165) is 11.9 Å². The van der Waals surface area contributed by atoms with Crippen LogP contribution in [-0.4, -0.2) is 58.5 Å². The van der Waals surface area contributed by atoms with Crippen molar-refractivity contribution >= 4 is 16.2 Å². The van der Waals surface area contributed by atoms with Crippen LogP contribution < -0.4 is 0 Å². The largest absolute Gasteiger partial charge is 0.306 e. The summed E-state index contributed by atoms with van der Waals surface area (Å²) >= 11 is 1.84. The lowest BCUT2D eigenvalue weighted by Crippen LogP contribution is -2.52. The molecule has 2 aromatic heterocycles. The number of hydrogen-bond donors (Lipinski definition) is 0. The Balaban J connectivity index is 1.59. The molecule has 2 aliphatic rings. The van der Waals surface area contributed by atoms with Crippen LogP contribution >= 0.6 is 11.3 Å². The van der Waals surface area contributed by atoms with Crippen molar-refractivity contribution in [3.8, 4) is 0 Å². The van der Waals surface area contributed by atoms with Crippen LogP contribution in [0.2, 0.25) is 0 Å². The Bertz CT molecular complexity index is 682. The van der Waals surface area contributed by atoms with Crippen molar-refractivity contribution in [2.45, 2.75) is 51.0 Å². The fourth-order valence-corrected chi connectivity index (χ4v) is 5.53. The predicted molar refractivity (Wildman–Crippen MR) is 96.5 cm³/mol. The highest BCUT2D eigenvalue weighted by atomic mass is 32.1. The van der Waals surface area contributed by atoms with Crippen LogP contribution in [0.4, 0.5) is 0 Å². The van der Waals surface area contributed by atoms with Gasteiger partial charge in [-0.15, -0.1) is 11.3 Å². The summed E-state index contributed by atoms with van der Waals surface area (Å²) in [5.74, 6) is 1.13. The minimum atomic E-state index is 0.200. The van der Waals surface area contributed by atoms with Gasteiger partial charge in [-0.3, -0.25) is 9.30 Å². The standard InChI is InChI=1S/C18H28N4S/c1-14-19-16(17-22(14)11-12-23-17)18(2)7-4-8-21(13-18)15-5-9-20(3)10-6-15/h11-12,15H,4-10,13H2,1-3H3/t18-/m1/s1. The third kappa shape index (κ3) is 2.73. The molecule has 2 aliphatic heterocycles. The van der Waals surface area contributed by atoms with Gasteiger partial charge < -0.3 is 4.90 Å². The highest BCUT2D eigenvalue weighted by Gasteiger charge is 2.39. The third-order valence-electron chi connectivity index (χ3n) is 5.94. The van der Waals surface area contributed by atoms with Gasteiger partial charge in [-0.25, -0.2) is 4.98 Å². The van der Waals surface area contributed by atoms with Crippen LogP contribution in [0.3, 0.4) is 0 Å². The van der Waals surface area contributed by atoms with Gasteiger partial charge in [-0.2, -0.15) is 0 Å². The van der Waals surface area contributed by atoms with E-state index < -0.39 is 0 Å². The number of rotatable bonds is 2. The van der Waals surface area contributed by atoms with E-state index in [9.17, 15) is 0 Å². The van der Waals surface area contributed by atoms with Crippen LogP contribution in [0.5, 0.6) is 0 Å². The van der Waals surface area contributed by atoms with E-state index in [4.69, 9.17) is 4.98 Å². The number of aryl methyl sites for hydroxylation is 1. The molecule has 126 valence electrons. The van der Waals surface area contributed by atoms with Crippen molar-refractivity contribution in [1.82, 2.24) is 19.2 Å². The Hall–Kier alpha value is -0.910. The average molecular weight is 333 g/mol. The molecule has 4 rings (SSSR count). The topological polar surface area (TPSA) is 23.8 Å². The smallest absolute Gasteiger partial charge is 0.123 e. The molecule has 23 heavy (non-hydrogen) atoms. The number of thiazole rings is 1. The van der Waals surface area contributed by atoms with Gasteiger partial charge in [0, 0.05) is 29.6 Å². The minimum Gasteiger partial charge on any atom is -0.306 e. The van der Waals surface area contributed by atoms with Crippen LogP contribution in [0.1, 0.15) is 44.1 Å². The summed E-state index contributed by atoms with van der Waals surface area (Å²) in [7, 11) is 2.25. The molecule has 0 aromatic carbocycles. The summed E-state index contributed by atoms with van der Waals surface area (Å²) in [5.41, 5.74) is 1.54. The molecule has 1 atom stereocenters. The molecule has 2 saturated heterocycles. The summed E-state index contributed by atoms with van der Waals surface area (Å²) < 4.78 is 2.26. The van der Waals surface area contributed by atoms with Crippen molar-refractivity contribution in [3.05, 3.63) is 23.1 Å². The Morgan fingerprint density at radius 2 is 2.04 bits per heavy atom. The molecular weight excluding hydrogens is 304 g/mol. The van der Waals surface area contributed by atoms with Crippen molar-refractivity contribution in [2.24, 2.45) is 0 Å². The SMILES string of the molecule is Cc1nc([C@]2(C)CCCN(C3CCN(C)CC3)C2)c2sccn12. The maximum absolute atomic E-state index is 4.98. The quantitative estimate of drug-likeness (QED) is 0.844. The highest BCUT2D eigenvalue weighted by molar-refractivity contribution is 7.15. The molecule has 0 bridgehead atoms. The summed E-state index contributed by atoms with van der Waals surface area (Å²) in [6.07, 6.45) is 7.37. The van der Waals surface area contributed by atoms with Crippen molar-refractivity contribution in [2.75, 3.05) is 33.2 Å². The number of aromatic nitrogens is 2. The third-order valence-corrected chi connectivity index (χ3v) is 6.81. The number of piperidine rings is 2. The molecule has 5 heteroatoms. The van der Waals surface area contributed by atoms with Gasteiger partial charge >= 0.3 is 0 Å². The second-order valence-corrected chi connectivity index (χ2v) is 8.65. The molecule has 0 unspecified atom stereocenters. The molecule has 0 radical (unpaired) electrons. The van der Waals surface area contributed by atoms with Gasteiger partial charge in [0.2, 0.25) is 0 Å². The van der Waals surface area contributed by atoms with E-state index in [1.54, 1.807) is 0 Å². The Kier molecular flexibility index (Phi) is 3.98. The first-order valence-corrected chi connectivity index (χ1v) is 9.80. The van der Waals surface area contributed by atoms with Gasteiger partial charge in [0.25, 0.3) is 0 Å². The summed E-state index contributed by atoms with van der Waals surface area (Å²) in [6.45, 7) is 9.50. The van der Waals surface area contributed by atoms with E-state index >= 15 is 0 Å². The first-order valence-electron chi connectivity index (χ1n) is 8.92. The Morgan fingerprint density at radius 1 is 1.26 bits per heavy atom. The van der Waals surface area contributed by atoms with Gasteiger partial charge in [0.1, 0.15) is 10.7 Å². The second kappa shape index (κ2) is 5.87.